The van der Waals surface area contributed by atoms with Crippen LogP contribution in [0.5, 0.6) is 11.5 Å². The fourth-order valence-corrected chi connectivity index (χ4v) is 2.53. The van der Waals surface area contributed by atoms with E-state index in [1.165, 1.54) is 14.0 Å². The van der Waals surface area contributed by atoms with E-state index in [-0.39, 0.29) is 12.4 Å². The van der Waals surface area contributed by atoms with E-state index in [0.717, 1.165) is 0 Å². The van der Waals surface area contributed by atoms with Crippen molar-refractivity contribution < 1.29 is 28.6 Å². The average molecular weight is 348 g/mol. The van der Waals surface area contributed by atoms with Gasteiger partial charge in [0.25, 0.3) is 0 Å². The highest BCUT2D eigenvalue weighted by Crippen LogP contribution is 2.34. The van der Waals surface area contributed by atoms with Crippen LogP contribution in [0.15, 0.2) is 29.5 Å². The molecule has 0 radical (unpaired) electrons. The van der Waals surface area contributed by atoms with Gasteiger partial charge in [-0.15, -0.1) is 0 Å². The summed E-state index contributed by atoms with van der Waals surface area (Å²) in [6, 6.07) is 3.64. The van der Waals surface area contributed by atoms with Gasteiger partial charge in [-0.3, -0.25) is 4.79 Å². The molecule has 2 rings (SSSR count). The summed E-state index contributed by atoms with van der Waals surface area (Å²) in [6.07, 6.45) is 0. The number of esters is 2. The lowest BCUT2D eigenvalue weighted by Gasteiger charge is -2.28. The molecule has 134 valence electrons. The number of carbonyl (C=O) groups excluding carboxylic acids is 3. The van der Waals surface area contributed by atoms with Crippen LogP contribution in [0, 0.1) is 0 Å². The average Bonchev–Trinajstić information content (AvgIpc) is 2.54. The molecule has 1 heterocycles. The molecule has 2 amide bonds. The Morgan fingerprint density at radius 3 is 2.56 bits per heavy atom. The summed E-state index contributed by atoms with van der Waals surface area (Å²) in [5.74, 6) is -0.455. The Morgan fingerprint density at radius 2 is 1.96 bits per heavy atom. The summed E-state index contributed by atoms with van der Waals surface area (Å²) in [5.41, 5.74) is 1.30. The Labute approximate surface area is 145 Å². The van der Waals surface area contributed by atoms with E-state index in [9.17, 15) is 14.4 Å². The Kier molecular flexibility index (Phi) is 5.63. The molecule has 1 aromatic carbocycles. The quantitative estimate of drug-likeness (QED) is 0.621. The lowest BCUT2D eigenvalue weighted by molar-refractivity contribution is -0.139. The second-order valence-corrected chi connectivity index (χ2v) is 5.29. The molecular weight excluding hydrogens is 328 g/mol. The van der Waals surface area contributed by atoms with Crippen LogP contribution in [-0.4, -0.2) is 31.7 Å². The number of rotatable bonds is 5. The van der Waals surface area contributed by atoms with Crippen LogP contribution in [0.1, 0.15) is 32.4 Å². The monoisotopic (exact) mass is 348 g/mol. The van der Waals surface area contributed by atoms with Gasteiger partial charge >= 0.3 is 18.0 Å². The van der Waals surface area contributed by atoms with E-state index in [1.807, 2.05) is 0 Å². The summed E-state index contributed by atoms with van der Waals surface area (Å²) in [7, 11) is 1.43. The first-order valence-electron chi connectivity index (χ1n) is 7.69. The van der Waals surface area contributed by atoms with Crippen molar-refractivity contribution in [2.75, 3.05) is 13.7 Å². The molecule has 1 aromatic rings. The second kappa shape index (κ2) is 7.69. The van der Waals surface area contributed by atoms with E-state index in [1.54, 1.807) is 32.0 Å². The summed E-state index contributed by atoms with van der Waals surface area (Å²) >= 11 is 0. The highest BCUT2D eigenvalue weighted by Gasteiger charge is 2.32. The number of hydrogen-bond donors (Lipinski definition) is 2. The van der Waals surface area contributed by atoms with E-state index < -0.39 is 24.0 Å². The van der Waals surface area contributed by atoms with Crippen molar-refractivity contribution in [1.82, 2.24) is 10.6 Å². The number of methoxy groups -OCH3 is 1. The van der Waals surface area contributed by atoms with E-state index in [4.69, 9.17) is 14.2 Å². The zero-order valence-electron chi connectivity index (χ0n) is 14.5. The van der Waals surface area contributed by atoms with E-state index in [2.05, 4.69) is 10.6 Å². The van der Waals surface area contributed by atoms with Crippen molar-refractivity contribution in [2.45, 2.75) is 26.8 Å². The smallest absolute Gasteiger partial charge is 0.338 e. The Balaban J connectivity index is 2.46. The van der Waals surface area contributed by atoms with Gasteiger partial charge in [0.15, 0.2) is 11.5 Å². The first-order valence-corrected chi connectivity index (χ1v) is 7.69. The third kappa shape index (κ3) is 4.09. The maximum absolute atomic E-state index is 12.3. The maximum atomic E-state index is 12.3. The van der Waals surface area contributed by atoms with Crippen molar-refractivity contribution in [3.8, 4) is 11.5 Å². The van der Waals surface area contributed by atoms with Crippen LogP contribution in [0.25, 0.3) is 0 Å². The molecule has 2 N–H and O–H groups in total. The molecule has 8 heteroatoms. The van der Waals surface area contributed by atoms with Gasteiger partial charge in [0, 0.05) is 12.6 Å². The number of benzene rings is 1. The third-order valence-electron chi connectivity index (χ3n) is 3.54. The summed E-state index contributed by atoms with van der Waals surface area (Å²) in [4.78, 5) is 35.3. The SMILES string of the molecule is CCOC(=O)C1=C(C)NC(=O)N[C@@H]1c1ccc(OC(C)=O)c(OC)c1. The Hall–Kier alpha value is -3.03. The van der Waals surface area contributed by atoms with Crippen LogP contribution in [0.3, 0.4) is 0 Å². The fraction of sp³-hybridized carbons (Fsp3) is 0.353. The Bertz CT molecular complexity index is 741. The molecular formula is C17H20N2O6. The van der Waals surface area contributed by atoms with Gasteiger partial charge in [-0.1, -0.05) is 6.07 Å². The fourth-order valence-electron chi connectivity index (χ4n) is 2.53. The zero-order valence-corrected chi connectivity index (χ0v) is 14.5. The number of nitrogens with one attached hydrogen (secondary N) is 2. The minimum atomic E-state index is -0.715. The number of carbonyl (C=O) groups is 3. The van der Waals surface area contributed by atoms with Gasteiger partial charge in [0.1, 0.15) is 0 Å². The molecule has 0 aliphatic carbocycles. The minimum absolute atomic E-state index is 0.213. The number of urea groups is 1. The molecule has 25 heavy (non-hydrogen) atoms. The molecule has 1 aliphatic heterocycles. The van der Waals surface area contributed by atoms with Gasteiger partial charge in [-0.25, -0.2) is 9.59 Å². The predicted octanol–water partition coefficient (Wildman–Crippen LogP) is 1.81. The highest BCUT2D eigenvalue weighted by atomic mass is 16.6. The predicted molar refractivity (Wildman–Crippen MR) is 88.0 cm³/mol. The molecule has 0 unspecified atom stereocenters. The van der Waals surface area contributed by atoms with Crippen LogP contribution in [0.4, 0.5) is 4.79 Å². The van der Waals surface area contributed by atoms with Gasteiger partial charge < -0.3 is 24.8 Å². The highest BCUT2D eigenvalue weighted by molar-refractivity contribution is 5.95. The van der Waals surface area contributed by atoms with Gasteiger partial charge in [-0.2, -0.15) is 0 Å². The largest absolute Gasteiger partial charge is 0.493 e. The summed E-state index contributed by atoms with van der Waals surface area (Å²) < 4.78 is 15.4. The van der Waals surface area contributed by atoms with Crippen LogP contribution >= 0.6 is 0 Å². The lowest BCUT2D eigenvalue weighted by Crippen LogP contribution is -2.45. The molecule has 0 saturated heterocycles. The minimum Gasteiger partial charge on any atom is -0.493 e. The first kappa shape index (κ1) is 18.3. The topological polar surface area (TPSA) is 103 Å². The van der Waals surface area contributed by atoms with Crippen molar-refractivity contribution >= 4 is 18.0 Å². The first-order chi connectivity index (χ1) is 11.9. The van der Waals surface area contributed by atoms with Crippen molar-refractivity contribution in [2.24, 2.45) is 0 Å². The normalized spacial score (nSPS) is 16.6. The van der Waals surface area contributed by atoms with Gasteiger partial charge in [0.2, 0.25) is 0 Å². The number of hydrogen-bond acceptors (Lipinski definition) is 6. The van der Waals surface area contributed by atoms with Crippen LogP contribution in [0.2, 0.25) is 0 Å². The van der Waals surface area contributed by atoms with Crippen molar-refractivity contribution in [1.29, 1.82) is 0 Å². The van der Waals surface area contributed by atoms with Crippen molar-refractivity contribution in [3.05, 3.63) is 35.0 Å². The maximum Gasteiger partial charge on any atom is 0.338 e. The summed E-state index contributed by atoms with van der Waals surface area (Å²) in [6.45, 7) is 4.83. The van der Waals surface area contributed by atoms with Crippen molar-refractivity contribution in [3.63, 3.8) is 0 Å². The van der Waals surface area contributed by atoms with Gasteiger partial charge in [0.05, 0.1) is 25.3 Å². The third-order valence-corrected chi connectivity index (χ3v) is 3.54. The lowest BCUT2D eigenvalue weighted by atomic mass is 9.95. The molecule has 8 nitrogen and oxygen atoms in total. The zero-order chi connectivity index (χ0) is 18.6. The molecule has 1 atom stereocenters. The molecule has 1 aliphatic rings. The number of allylic oxidation sites excluding steroid dienone is 1. The molecule has 0 aromatic heterocycles. The second-order valence-electron chi connectivity index (χ2n) is 5.29. The number of amides is 2. The van der Waals surface area contributed by atoms with Crippen LogP contribution < -0.4 is 20.1 Å². The Morgan fingerprint density at radius 1 is 1.24 bits per heavy atom. The summed E-state index contributed by atoms with van der Waals surface area (Å²) in [5, 5.41) is 5.25. The van der Waals surface area contributed by atoms with Gasteiger partial charge in [-0.05, 0) is 31.5 Å². The van der Waals surface area contributed by atoms with E-state index in [0.29, 0.717) is 22.6 Å². The standard InChI is InChI=1S/C17H20N2O6/c1-5-24-16(21)14-9(2)18-17(22)19-15(14)11-6-7-12(25-10(3)20)13(8-11)23-4/h6-8,15H,5H2,1-4H3,(H2,18,19,22)/t15-/m1/s1. The van der Waals surface area contributed by atoms with Crippen LogP contribution in [-0.2, 0) is 14.3 Å². The molecule has 0 fully saturated rings. The molecule has 0 spiro atoms. The molecule has 0 bridgehead atoms. The van der Waals surface area contributed by atoms with E-state index >= 15 is 0 Å². The number of ether oxygens (including phenoxy) is 3. The molecule has 0 saturated carbocycles.